The maximum absolute atomic E-state index is 5.45. The van der Waals surface area contributed by atoms with Crippen molar-refractivity contribution in [1.29, 1.82) is 0 Å². The van der Waals surface area contributed by atoms with Gasteiger partial charge in [0.05, 0.1) is 6.61 Å². The predicted octanol–water partition coefficient (Wildman–Crippen LogP) is 2.26. The standard InChI is InChI=1S/C14H21NO/c1-12-4-3-5-13(10-12)14(11-16-2)6-8-15-9-7-14/h3-5,10,15H,6-9,11H2,1-2H3. The minimum absolute atomic E-state index is 0.228. The van der Waals surface area contributed by atoms with Gasteiger partial charge in [-0.1, -0.05) is 29.8 Å². The van der Waals surface area contributed by atoms with Crippen molar-refractivity contribution in [2.24, 2.45) is 0 Å². The summed E-state index contributed by atoms with van der Waals surface area (Å²) in [6.45, 7) is 5.18. The second-order valence-electron chi connectivity index (χ2n) is 4.83. The monoisotopic (exact) mass is 219 g/mol. The molecule has 1 N–H and O–H groups in total. The molecule has 0 saturated carbocycles. The summed E-state index contributed by atoms with van der Waals surface area (Å²) in [4.78, 5) is 0. The number of benzene rings is 1. The number of nitrogens with one attached hydrogen (secondary N) is 1. The molecule has 16 heavy (non-hydrogen) atoms. The molecule has 0 radical (unpaired) electrons. The minimum Gasteiger partial charge on any atom is -0.384 e. The van der Waals surface area contributed by atoms with Gasteiger partial charge in [-0.2, -0.15) is 0 Å². The number of hydrogen-bond acceptors (Lipinski definition) is 2. The predicted molar refractivity (Wildman–Crippen MR) is 66.8 cm³/mol. The molecule has 88 valence electrons. The molecule has 1 aliphatic rings. The molecule has 0 amide bonds. The zero-order valence-electron chi connectivity index (χ0n) is 10.3. The summed E-state index contributed by atoms with van der Waals surface area (Å²) in [5.41, 5.74) is 3.01. The van der Waals surface area contributed by atoms with Crippen LogP contribution in [0.4, 0.5) is 0 Å². The summed E-state index contributed by atoms with van der Waals surface area (Å²) in [6, 6.07) is 8.87. The van der Waals surface area contributed by atoms with E-state index < -0.39 is 0 Å². The highest BCUT2D eigenvalue weighted by Crippen LogP contribution is 2.34. The lowest BCUT2D eigenvalue weighted by molar-refractivity contribution is 0.108. The summed E-state index contributed by atoms with van der Waals surface area (Å²) in [5, 5.41) is 3.43. The Hall–Kier alpha value is -0.860. The van der Waals surface area contributed by atoms with Gasteiger partial charge in [0.1, 0.15) is 0 Å². The van der Waals surface area contributed by atoms with Gasteiger partial charge in [-0.3, -0.25) is 0 Å². The average Bonchev–Trinajstić information content (AvgIpc) is 2.31. The molecule has 1 saturated heterocycles. The molecule has 0 bridgehead atoms. The van der Waals surface area contributed by atoms with Gasteiger partial charge < -0.3 is 10.1 Å². The Morgan fingerprint density at radius 2 is 2.06 bits per heavy atom. The van der Waals surface area contributed by atoms with Crippen molar-refractivity contribution < 1.29 is 4.74 Å². The molecule has 1 aliphatic heterocycles. The van der Waals surface area contributed by atoms with Crippen LogP contribution in [0.3, 0.4) is 0 Å². The number of methoxy groups -OCH3 is 1. The summed E-state index contributed by atoms with van der Waals surface area (Å²) >= 11 is 0. The summed E-state index contributed by atoms with van der Waals surface area (Å²) in [7, 11) is 1.81. The van der Waals surface area contributed by atoms with Gasteiger partial charge in [-0.25, -0.2) is 0 Å². The van der Waals surface area contributed by atoms with Crippen molar-refractivity contribution in [2.75, 3.05) is 26.8 Å². The molecule has 2 rings (SSSR count). The number of ether oxygens (including phenoxy) is 1. The SMILES string of the molecule is COCC1(c2cccc(C)c2)CCNCC1. The van der Waals surface area contributed by atoms with E-state index in [2.05, 4.69) is 36.5 Å². The van der Waals surface area contributed by atoms with Gasteiger partial charge in [0.25, 0.3) is 0 Å². The lowest BCUT2D eigenvalue weighted by atomic mass is 9.73. The van der Waals surface area contributed by atoms with Gasteiger partial charge in [-0.05, 0) is 38.4 Å². The van der Waals surface area contributed by atoms with Gasteiger partial charge in [0.15, 0.2) is 0 Å². The zero-order valence-corrected chi connectivity index (χ0v) is 10.3. The highest BCUT2D eigenvalue weighted by Gasteiger charge is 2.33. The molecule has 1 fully saturated rings. The minimum atomic E-state index is 0.228. The summed E-state index contributed by atoms with van der Waals surface area (Å²) in [5.74, 6) is 0. The largest absolute Gasteiger partial charge is 0.384 e. The molecule has 1 heterocycles. The van der Waals surface area contributed by atoms with Crippen molar-refractivity contribution in [1.82, 2.24) is 5.32 Å². The lowest BCUT2D eigenvalue weighted by Gasteiger charge is -2.37. The van der Waals surface area contributed by atoms with Crippen LogP contribution in [0.1, 0.15) is 24.0 Å². The number of hydrogen-bond donors (Lipinski definition) is 1. The highest BCUT2D eigenvalue weighted by molar-refractivity contribution is 5.30. The van der Waals surface area contributed by atoms with E-state index in [0.717, 1.165) is 19.7 Å². The van der Waals surface area contributed by atoms with Crippen LogP contribution in [0.5, 0.6) is 0 Å². The second-order valence-corrected chi connectivity index (χ2v) is 4.83. The molecule has 0 unspecified atom stereocenters. The Morgan fingerprint density at radius 3 is 2.69 bits per heavy atom. The summed E-state index contributed by atoms with van der Waals surface area (Å²) in [6.07, 6.45) is 2.34. The average molecular weight is 219 g/mol. The van der Waals surface area contributed by atoms with Crippen LogP contribution in [0.25, 0.3) is 0 Å². The molecule has 2 nitrogen and oxygen atoms in total. The van der Waals surface area contributed by atoms with Crippen LogP contribution < -0.4 is 5.32 Å². The highest BCUT2D eigenvalue weighted by atomic mass is 16.5. The molecule has 1 aromatic rings. The molecule has 0 aromatic heterocycles. The van der Waals surface area contributed by atoms with Crippen LogP contribution in [0.2, 0.25) is 0 Å². The molecule has 0 aliphatic carbocycles. The fourth-order valence-electron chi connectivity index (χ4n) is 2.67. The fraction of sp³-hybridized carbons (Fsp3) is 0.571. The van der Waals surface area contributed by atoms with Crippen molar-refractivity contribution in [2.45, 2.75) is 25.2 Å². The van der Waals surface area contributed by atoms with Crippen molar-refractivity contribution in [3.8, 4) is 0 Å². The molecule has 0 spiro atoms. The summed E-state index contributed by atoms with van der Waals surface area (Å²) < 4.78 is 5.45. The number of rotatable bonds is 3. The molecule has 2 heteroatoms. The van der Waals surface area contributed by atoms with Crippen molar-refractivity contribution in [3.63, 3.8) is 0 Å². The van der Waals surface area contributed by atoms with E-state index in [1.807, 2.05) is 0 Å². The first-order chi connectivity index (χ1) is 7.77. The second kappa shape index (κ2) is 4.98. The maximum atomic E-state index is 5.45. The van der Waals surface area contributed by atoms with Gasteiger partial charge in [0.2, 0.25) is 0 Å². The molecular formula is C14H21NO. The Balaban J connectivity index is 2.30. The topological polar surface area (TPSA) is 21.3 Å². The molecule has 0 atom stereocenters. The Labute approximate surface area is 98.0 Å². The van der Waals surface area contributed by atoms with E-state index in [-0.39, 0.29) is 5.41 Å². The van der Waals surface area contributed by atoms with E-state index in [1.165, 1.54) is 24.0 Å². The Bertz CT molecular complexity index is 337. The van der Waals surface area contributed by atoms with Crippen molar-refractivity contribution in [3.05, 3.63) is 35.4 Å². The van der Waals surface area contributed by atoms with E-state index >= 15 is 0 Å². The van der Waals surface area contributed by atoms with Crippen LogP contribution in [-0.4, -0.2) is 26.8 Å². The number of piperidine rings is 1. The van der Waals surface area contributed by atoms with E-state index in [0.29, 0.717) is 0 Å². The van der Waals surface area contributed by atoms with Crippen LogP contribution in [0.15, 0.2) is 24.3 Å². The van der Waals surface area contributed by atoms with Crippen molar-refractivity contribution >= 4 is 0 Å². The lowest BCUT2D eigenvalue weighted by Crippen LogP contribution is -2.42. The molecular weight excluding hydrogens is 198 g/mol. The van der Waals surface area contributed by atoms with E-state index in [4.69, 9.17) is 4.74 Å². The quantitative estimate of drug-likeness (QED) is 0.842. The third kappa shape index (κ3) is 2.28. The normalized spacial score (nSPS) is 19.6. The zero-order chi connectivity index (χ0) is 11.4. The van der Waals surface area contributed by atoms with Gasteiger partial charge in [0, 0.05) is 12.5 Å². The van der Waals surface area contributed by atoms with E-state index in [9.17, 15) is 0 Å². The first-order valence-electron chi connectivity index (χ1n) is 6.04. The van der Waals surface area contributed by atoms with Gasteiger partial charge >= 0.3 is 0 Å². The van der Waals surface area contributed by atoms with Crippen LogP contribution >= 0.6 is 0 Å². The number of aryl methyl sites for hydroxylation is 1. The Morgan fingerprint density at radius 1 is 1.31 bits per heavy atom. The van der Waals surface area contributed by atoms with Gasteiger partial charge in [-0.15, -0.1) is 0 Å². The third-order valence-corrected chi connectivity index (χ3v) is 3.61. The van der Waals surface area contributed by atoms with E-state index in [1.54, 1.807) is 7.11 Å². The fourth-order valence-corrected chi connectivity index (χ4v) is 2.67. The molecule has 1 aromatic carbocycles. The smallest absolute Gasteiger partial charge is 0.0560 e. The first-order valence-corrected chi connectivity index (χ1v) is 6.04. The maximum Gasteiger partial charge on any atom is 0.0560 e. The third-order valence-electron chi connectivity index (χ3n) is 3.61. The van der Waals surface area contributed by atoms with Crippen LogP contribution in [0, 0.1) is 6.92 Å². The van der Waals surface area contributed by atoms with Crippen LogP contribution in [-0.2, 0) is 10.2 Å². The Kier molecular flexibility index (Phi) is 3.62. The first kappa shape index (κ1) is 11.6.